The van der Waals surface area contributed by atoms with Crippen molar-refractivity contribution in [2.75, 3.05) is 14.2 Å². The predicted molar refractivity (Wildman–Crippen MR) is 85.4 cm³/mol. The molecular formula is C18H17NO3. The van der Waals surface area contributed by atoms with Crippen molar-refractivity contribution in [3.8, 4) is 5.75 Å². The molecule has 3 aromatic rings. The van der Waals surface area contributed by atoms with Gasteiger partial charge in [0.15, 0.2) is 0 Å². The van der Waals surface area contributed by atoms with Gasteiger partial charge in [-0.05, 0) is 23.8 Å². The van der Waals surface area contributed by atoms with Crippen LogP contribution >= 0.6 is 0 Å². The average Bonchev–Trinajstić information content (AvgIpc) is 2.93. The van der Waals surface area contributed by atoms with E-state index in [0.717, 1.165) is 22.2 Å². The molecule has 4 heteroatoms. The summed E-state index contributed by atoms with van der Waals surface area (Å²) in [6.07, 6.45) is 1.84. The van der Waals surface area contributed by atoms with Gasteiger partial charge in [-0.1, -0.05) is 30.3 Å². The summed E-state index contributed by atoms with van der Waals surface area (Å²) in [6, 6.07) is 15.7. The number of para-hydroxylation sites is 1. The SMILES string of the molecule is COC(=O)c1cn(Cc2cccc(OC)c2)c2ccccc12. The molecule has 0 N–H and O–H groups in total. The third-order valence-electron chi connectivity index (χ3n) is 3.68. The lowest BCUT2D eigenvalue weighted by Gasteiger charge is -2.07. The van der Waals surface area contributed by atoms with E-state index in [1.807, 2.05) is 54.7 Å². The fraction of sp³-hybridized carbons (Fsp3) is 0.167. The molecule has 0 fully saturated rings. The number of hydrogen-bond acceptors (Lipinski definition) is 3. The number of carbonyl (C=O) groups excluding carboxylic acids is 1. The first-order valence-corrected chi connectivity index (χ1v) is 7.02. The van der Waals surface area contributed by atoms with E-state index in [2.05, 4.69) is 4.57 Å². The maximum Gasteiger partial charge on any atom is 0.340 e. The van der Waals surface area contributed by atoms with E-state index in [9.17, 15) is 4.79 Å². The van der Waals surface area contributed by atoms with E-state index in [4.69, 9.17) is 9.47 Å². The van der Waals surface area contributed by atoms with Crippen LogP contribution < -0.4 is 4.74 Å². The molecule has 2 aromatic carbocycles. The molecule has 0 spiro atoms. The van der Waals surface area contributed by atoms with Crippen LogP contribution in [-0.4, -0.2) is 24.8 Å². The maximum absolute atomic E-state index is 11.9. The van der Waals surface area contributed by atoms with Crippen molar-refractivity contribution in [1.82, 2.24) is 4.57 Å². The Morgan fingerprint density at radius 3 is 2.68 bits per heavy atom. The van der Waals surface area contributed by atoms with E-state index in [1.165, 1.54) is 7.11 Å². The molecule has 1 aromatic heterocycles. The van der Waals surface area contributed by atoms with Crippen molar-refractivity contribution in [2.24, 2.45) is 0 Å². The number of methoxy groups -OCH3 is 2. The third kappa shape index (κ3) is 2.55. The summed E-state index contributed by atoms with van der Waals surface area (Å²) in [7, 11) is 3.05. The molecule has 3 rings (SSSR count). The van der Waals surface area contributed by atoms with Crippen LogP contribution in [0.25, 0.3) is 10.9 Å². The van der Waals surface area contributed by atoms with Gasteiger partial charge in [-0.15, -0.1) is 0 Å². The first-order chi connectivity index (χ1) is 10.7. The molecule has 22 heavy (non-hydrogen) atoms. The van der Waals surface area contributed by atoms with Gasteiger partial charge in [0.1, 0.15) is 5.75 Å². The Hall–Kier alpha value is -2.75. The largest absolute Gasteiger partial charge is 0.497 e. The van der Waals surface area contributed by atoms with Crippen molar-refractivity contribution in [3.63, 3.8) is 0 Å². The molecule has 0 radical (unpaired) electrons. The molecule has 0 amide bonds. The predicted octanol–water partition coefficient (Wildman–Crippen LogP) is 3.48. The second-order valence-electron chi connectivity index (χ2n) is 5.03. The number of aromatic nitrogens is 1. The molecule has 0 unspecified atom stereocenters. The topological polar surface area (TPSA) is 40.5 Å². The Bertz CT molecular complexity index is 820. The number of nitrogens with zero attached hydrogens (tertiary/aromatic N) is 1. The van der Waals surface area contributed by atoms with Crippen LogP contribution in [-0.2, 0) is 11.3 Å². The normalized spacial score (nSPS) is 10.6. The zero-order chi connectivity index (χ0) is 15.5. The highest BCUT2D eigenvalue weighted by Crippen LogP contribution is 2.23. The minimum atomic E-state index is -0.319. The molecule has 0 saturated carbocycles. The minimum Gasteiger partial charge on any atom is -0.497 e. The number of carbonyl (C=O) groups is 1. The second-order valence-corrected chi connectivity index (χ2v) is 5.03. The number of benzene rings is 2. The Kier molecular flexibility index (Phi) is 3.83. The molecular weight excluding hydrogens is 278 g/mol. The van der Waals surface area contributed by atoms with Crippen LogP contribution in [0.3, 0.4) is 0 Å². The molecule has 4 nitrogen and oxygen atoms in total. The highest BCUT2D eigenvalue weighted by molar-refractivity contribution is 6.04. The zero-order valence-electron chi connectivity index (χ0n) is 12.6. The van der Waals surface area contributed by atoms with E-state index >= 15 is 0 Å². The molecule has 0 aliphatic rings. The fourth-order valence-corrected chi connectivity index (χ4v) is 2.62. The molecule has 1 heterocycles. The summed E-state index contributed by atoms with van der Waals surface area (Å²) < 4.78 is 12.2. The molecule has 0 aliphatic heterocycles. The number of hydrogen-bond donors (Lipinski definition) is 0. The van der Waals surface area contributed by atoms with Gasteiger partial charge in [-0.3, -0.25) is 0 Å². The molecule has 0 bridgehead atoms. The van der Waals surface area contributed by atoms with Gasteiger partial charge >= 0.3 is 5.97 Å². The summed E-state index contributed by atoms with van der Waals surface area (Å²) in [5.74, 6) is 0.503. The van der Waals surface area contributed by atoms with Crippen LogP contribution in [0.15, 0.2) is 54.7 Å². The van der Waals surface area contributed by atoms with Gasteiger partial charge in [0.25, 0.3) is 0 Å². The second kappa shape index (κ2) is 5.93. The van der Waals surface area contributed by atoms with Crippen molar-refractivity contribution < 1.29 is 14.3 Å². The number of fused-ring (bicyclic) bond motifs is 1. The lowest BCUT2D eigenvalue weighted by atomic mass is 10.2. The smallest absolute Gasteiger partial charge is 0.340 e. The first-order valence-electron chi connectivity index (χ1n) is 7.02. The van der Waals surface area contributed by atoms with Crippen molar-refractivity contribution >= 4 is 16.9 Å². The Morgan fingerprint density at radius 2 is 1.91 bits per heavy atom. The molecule has 0 aliphatic carbocycles. The van der Waals surface area contributed by atoms with E-state index in [0.29, 0.717) is 12.1 Å². The average molecular weight is 295 g/mol. The minimum absolute atomic E-state index is 0.319. The van der Waals surface area contributed by atoms with Crippen LogP contribution in [0.4, 0.5) is 0 Å². The lowest BCUT2D eigenvalue weighted by molar-refractivity contribution is 0.0602. The lowest BCUT2D eigenvalue weighted by Crippen LogP contribution is -2.01. The van der Waals surface area contributed by atoms with Gasteiger partial charge in [0.2, 0.25) is 0 Å². The summed E-state index contributed by atoms with van der Waals surface area (Å²) in [6.45, 7) is 0.661. The van der Waals surface area contributed by atoms with Crippen molar-refractivity contribution in [3.05, 3.63) is 65.9 Å². The van der Waals surface area contributed by atoms with Crippen molar-refractivity contribution in [2.45, 2.75) is 6.54 Å². The van der Waals surface area contributed by atoms with Crippen LogP contribution in [0.1, 0.15) is 15.9 Å². The van der Waals surface area contributed by atoms with E-state index in [-0.39, 0.29) is 5.97 Å². The van der Waals surface area contributed by atoms with Crippen LogP contribution in [0, 0.1) is 0 Å². The van der Waals surface area contributed by atoms with Crippen molar-refractivity contribution in [1.29, 1.82) is 0 Å². The molecule has 0 saturated heterocycles. The summed E-state index contributed by atoms with van der Waals surface area (Å²) in [4.78, 5) is 11.9. The van der Waals surface area contributed by atoms with E-state index < -0.39 is 0 Å². The highest BCUT2D eigenvalue weighted by Gasteiger charge is 2.15. The number of esters is 1. The van der Waals surface area contributed by atoms with Gasteiger partial charge in [-0.25, -0.2) is 4.79 Å². The number of rotatable bonds is 4. The third-order valence-corrected chi connectivity index (χ3v) is 3.68. The monoisotopic (exact) mass is 295 g/mol. The molecule has 112 valence electrons. The maximum atomic E-state index is 11.9. The van der Waals surface area contributed by atoms with E-state index in [1.54, 1.807) is 7.11 Å². The highest BCUT2D eigenvalue weighted by atomic mass is 16.5. The number of ether oxygens (including phenoxy) is 2. The first kappa shape index (κ1) is 14.2. The van der Waals surface area contributed by atoms with Crippen LogP contribution in [0.5, 0.6) is 5.75 Å². The fourth-order valence-electron chi connectivity index (χ4n) is 2.62. The summed E-state index contributed by atoms with van der Waals surface area (Å²) in [5, 5.41) is 0.900. The van der Waals surface area contributed by atoms with Gasteiger partial charge in [0, 0.05) is 23.6 Å². The Labute approximate surface area is 128 Å². The Morgan fingerprint density at radius 1 is 1.09 bits per heavy atom. The summed E-state index contributed by atoms with van der Waals surface area (Å²) >= 11 is 0. The van der Waals surface area contributed by atoms with Gasteiger partial charge in [0.05, 0.1) is 19.8 Å². The quantitative estimate of drug-likeness (QED) is 0.692. The van der Waals surface area contributed by atoms with Crippen LogP contribution in [0.2, 0.25) is 0 Å². The summed E-state index contributed by atoms with van der Waals surface area (Å²) in [5.41, 5.74) is 2.70. The van der Waals surface area contributed by atoms with Gasteiger partial charge in [-0.2, -0.15) is 0 Å². The molecule has 0 atom stereocenters. The zero-order valence-corrected chi connectivity index (χ0v) is 12.6. The standard InChI is InChI=1S/C18H17NO3/c1-21-14-7-5-6-13(10-14)11-19-12-16(18(20)22-2)15-8-3-4-9-17(15)19/h3-10,12H,11H2,1-2H3. The Balaban J connectivity index is 2.05. The van der Waals surface area contributed by atoms with Gasteiger partial charge < -0.3 is 14.0 Å².